The minimum atomic E-state index is -0.783. The first-order valence-corrected chi connectivity index (χ1v) is 8.35. The molecule has 2 rings (SSSR count). The Bertz CT molecular complexity index is 864. The number of rotatable bonds is 6. The summed E-state index contributed by atoms with van der Waals surface area (Å²) in [5.41, 5.74) is 5.83. The van der Waals surface area contributed by atoms with Crippen LogP contribution >= 0.6 is 0 Å². The molecule has 0 aliphatic rings. The van der Waals surface area contributed by atoms with E-state index in [0.717, 1.165) is 11.1 Å². The Hall–Kier alpha value is -3.42. The molecule has 0 unspecified atom stereocenters. The first-order chi connectivity index (χ1) is 12.8. The van der Waals surface area contributed by atoms with Gasteiger partial charge in [-0.25, -0.2) is 0 Å². The molecular weight excluding hydrogens is 350 g/mol. The minimum absolute atomic E-state index is 0.149. The van der Waals surface area contributed by atoms with E-state index in [4.69, 9.17) is 4.74 Å². The van der Waals surface area contributed by atoms with Crippen molar-refractivity contribution in [3.8, 4) is 5.75 Å². The monoisotopic (exact) mass is 371 g/mol. The van der Waals surface area contributed by atoms with Gasteiger partial charge in [0.1, 0.15) is 11.3 Å². The molecule has 8 heteroatoms. The number of aryl methyl sites for hydroxylation is 1. The molecule has 0 fully saturated rings. The van der Waals surface area contributed by atoms with Gasteiger partial charge in [0.15, 0.2) is 6.61 Å². The van der Waals surface area contributed by atoms with Crippen LogP contribution in [0.15, 0.2) is 42.5 Å². The van der Waals surface area contributed by atoms with Gasteiger partial charge in [-0.05, 0) is 36.1 Å². The lowest BCUT2D eigenvalue weighted by molar-refractivity contribution is -0.385. The van der Waals surface area contributed by atoms with E-state index in [2.05, 4.69) is 10.9 Å². The van der Waals surface area contributed by atoms with E-state index in [1.54, 1.807) is 0 Å². The Balaban J connectivity index is 1.95. The Kier molecular flexibility index (Phi) is 6.48. The number of hydrazine groups is 1. The molecule has 2 aromatic rings. The summed E-state index contributed by atoms with van der Waals surface area (Å²) in [5.74, 6) is -0.542. The maximum absolute atomic E-state index is 12.1. The molecular formula is C19H21N3O5. The van der Waals surface area contributed by atoms with Gasteiger partial charge in [-0.2, -0.15) is 0 Å². The number of hydrogen-bond acceptors (Lipinski definition) is 5. The highest BCUT2D eigenvalue weighted by Gasteiger charge is 2.19. The Morgan fingerprint density at radius 2 is 1.85 bits per heavy atom. The summed E-state index contributed by atoms with van der Waals surface area (Å²) < 4.78 is 5.57. The molecule has 27 heavy (non-hydrogen) atoms. The zero-order valence-electron chi connectivity index (χ0n) is 15.3. The molecule has 0 heterocycles. The molecule has 0 spiro atoms. The second kappa shape index (κ2) is 8.79. The van der Waals surface area contributed by atoms with Crippen LogP contribution in [-0.2, 0) is 4.79 Å². The molecule has 2 amide bonds. The first-order valence-electron chi connectivity index (χ1n) is 8.35. The summed E-state index contributed by atoms with van der Waals surface area (Å²) in [4.78, 5) is 34.3. The predicted molar refractivity (Wildman–Crippen MR) is 99.5 cm³/mol. The van der Waals surface area contributed by atoms with Crippen molar-refractivity contribution in [3.05, 3.63) is 69.3 Å². The van der Waals surface area contributed by atoms with Crippen molar-refractivity contribution in [3.63, 3.8) is 0 Å². The summed E-state index contributed by atoms with van der Waals surface area (Å²) >= 11 is 0. The molecule has 0 atom stereocenters. The van der Waals surface area contributed by atoms with Gasteiger partial charge in [-0.1, -0.05) is 38.1 Å². The van der Waals surface area contributed by atoms with Crippen molar-refractivity contribution in [2.45, 2.75) is 26.7 Å². The number of nitrogens with zero attached hydrogens (tertiary/aromatic N) is 1. The van der Waals surface area contributed by atoms with E-state index < -0.39 is 16.7 Å². The lowest BCUT2D eigenvalue weighted by Gasteiger charge is -2.15. The van der Waals surface area contributed by atoms with Gasteiger partial charge in [-0.3, -0.25) is 30.6 Å². The van der Waals surface area contributed by atoms with Gasteiger partial charge in [0, 0.05) is 6.07 Å². The average molecular weight is 371 g/mol. The summed E-state index contributed by atoms with van der Waals surface area (Å²) in [7, 11) is 0. The van der Waals surface area contributed by atoms with Crippen molar-refractivity contribution in [2.24, 2.45) is 0 Å². The van der Waals surface area contributed by atoms with Crippen molar-refractivity contribution < 1.29 is 19.2 Å². The van der Waals surface area contributed by atoms with E-state index in [-0.39, 0.29) is 23.8 Å². The number of ether oxygens (including phenoxy) is 1. The van der Waals surface area contributed by atoms with E-state index in [1.807, 2.05) is 39.0 Å². The van der Waals surface area contributed by atoms with Gasteiger partial charge in [-0.15, -0.1) is 0 Å². The molecule has 0 aliphatic carbocycles. The molecule has 0 aliphatic heterocycles. The molecule has 0 radical (unpaired) electrons. The number of para-hydroxylation sites is 1. The fraction of sp³-hybridized carbons (Fsp3) is 0.263. The molecule has 0 aromatic heterocycles. The molecule has 0 bridgehead atoms. The fourth-order valence-corrected chi connectivity index (χ4v) is 2.44. The number of carbonyl (C=O) groups excluding carboxylic acids is 2. The third kappa shape index (κ3) is 5.27. The number of nitro benzene ring substituents is 1. The highest BCUT2D eigenvalue weighted by atomic mass is 16.6. The molecule has 142 valence electrons. The van der Waals surface area contributed by atoms with Gasteiger partial charge in [0.25, 0.3) is 17.5 Å². The number of hydrogen-bond donors (Lipinski definition) is 2. The fourth-order valence-electron chi connectivity index (χ4n) is 2.44. The van der Waals surface area contributed by atoms with Crippen LogP contribution < -0.4 is 15.6 Å². The summed E-state index contributed by atoms with van der Waals surface area (Å²) in [5, 5.41) is 11.0. The maximum atomic E-state index is 12.1. The van der Waals surface area contributed by atoms with Crippen LogP contribution in [0.4, 0.5) is 5.69 Å². The van der Waals surface area contributed by atoms with E-state index in [0.29, 0.717) is 5.75 Å². The molecule has 0 saturated heterocycles. The summed E-state index contributed by atoms with van der Waals surface area (Å²) in [6.07, 6.45) is 0. The maximum Gasteiger partial charge on any atom is 0.282 e. The summed E-state index contributed by atoms with van der Waals surface area (Å²) in [6, 6.07) is 11.2. The highest BCUT2D eigenvalue weighted by Crippen LogP contribution is 2.27. The van der Waals surface area contributed by atoms with E-state index in [9.17, 15) is 19.7 Å². The Morgan fingerprint density at radius 1 is 1.15 bits per heavy atom. The van der Waals surface area contributed by atoms with Crippen LogP contribution in [0.5, 0.6) is 5.75 Å². The topological polar surface area (TPSA) is 111 Å². The number of benzene rings is 2. The normalized spacial score (nSPS) is 10.4. The smallest absolute Gasteiger partial charge is 0.282 e. The minimum Gasteiger partial charge on any atom is -0.483 e. The SMILES string of the molecule is Cc1ccc(C(C)C)c(OCC(=O)NNC(=O)c2ccccc2[N+](=O)[O-])c1. The third-order valence-electron chi connectivity index (χ3n) is 3.81. The van der Waals surface area contributed by atoms with Crippen molar-refractivity contribution >= 4 is 17.5 Å². The Morgan fingerprint density at radius 3 is 2.52 bits per heavy atom. The van der Waals surface area contributed by atoms with Gasteiger partial charge < -0.3 is 4.74 Å². The van der Waals surface area contributed by atoms with Gasteiger partial charge in [0.05, 0.1) is 4.92 Å². The van der Waals surface area contributed by atoms with Gasteiger partial charge in [0.2, 0.25) is 0 Å². The second-order valence-corrected chi connectivity index (χ2v) is 6.26. The van der Waals surface area contributed by atoms with Crippen LogP contribution in [0.3, 0.4) is 0 Å². The molecule has 8 nitrogen and oxygen atoms in total. The van der Waals surface area contributed by atoms with E-state index in [1.165, 1.54) is 24.3 Å². The van der Waals surface area contributed by atoms with Gasteiger partial charge >= 0.3 is 0 Å². The third-order valence-corrected chi connectivity index (χ3v) is 3.81. The van der Waals surface area contributed by atoms with Crippen molar-refractivity contribution in [1.29, 1.82) is 0 Å². The largest absolute Gasteiger partial charge is 0.483 e. The van der Waals surface area contributed by atoms with Crippen LogP contribution in [0, 0.1) is 17.0 Å². The molecule has 2 N–H and O–H groups in total. The predicted octanol–water partition coefficient (Wildman–Crippen LogP) is 2.87. The number of amides is 2. The lowest BCUT2D eigenvalue weighted by Crippen LogP contribution is -2.44. The van der Waals surface area contributed by atoms with Crippen LogP contribution in [0.2, 0.25) is 0 Å². The quantitative estimate of drug-likeness (QED) is 0.599. The lowest BCUT2D eigenvalue weighted by atomic mass is 10.0. The zero-order chi connectivity index (χ0) is 20.0. The van der Waals surface area contributed by atoms with Crippen LogP contribution in [-0.4, -0.2) is 23.3 Å². The van der Waals surface area contributed by atoms with E-state index >= 15 is 0 Å². The standard InChI is InChI=1S/C19H21N3O5/c1-12(2)14-9-8-13(3)10-17(14)27-11-18(23)20-21-19(24)15-6-4-5-7-16(15)22(25)26/h4-10,12H,11H2,1-3H3,(H,20,23)(H,21,24). The zero-order valence-corrected chi connectivity index (χ0v) is 15.3. The average Bonchev–Trinajstić information content (AvgIpc) is 2.64. The highest BCUT2D eigenvalue weighted by molar-refractivity contribution is 5.99. The first kappa shape index (κ1) is 19.9. The van der Waals surface area contributed by atoms with Crippen molar-refractivity contribution in [2.75, 3.05) is 6.61 Å². The molecule has 2 aromatic carbocycles. The Labute approximate surface area is 156 Å². The number of carbonyl (C=O) groups is 2. The van der Waals surface area contributed by atoms with Crippen LogP contribution in [0.1, 0.15) is 41.3 Å². The summed E-state index contributed by atoms with van der Waals surface area (Å²) in [6.45, 7) is 5.65. The second-order valence-electron chi connectivity index (χ2n) is 6.26. The van der Waals surface area contributed by atoms with Crippen molar-refractivity contribution in [1.82, 2.24) is 10.9 Å². The van der Waals surface area contributed by atoms with Crippen LogP contribution in [0.25, 0.3) is 0 Å². The number of nitro groups is 1. The number of nitrogens with one attached hydrogen (secondary N) is 2. The molecule has 0 saturated carbocycles.